The van der Waals surface area contributed by atoms with Crippen molar-refractivity contribution < 1.29 is 14.3 Å². The standard InChI is InChI=1S/C16H24N2O3.ClH/c17-11-13-5-4-8-15(13)18-16(19)12-20-9-10-21-14-6-2-1-3-7-14;/h1-3,6-7,13,15H,4-5,8-12,17H2,(H,18,19);1H. The van der Waals surface area contributed by atoms with Crippen molar-refractivity contribution in [3.8, 4) is 5.75 Å². The van der Waals surface area contributed by atoms with Crippen LogP contribution in [0.15, 0.2) is 30.3 Å². The van der Waals surface area contributed by atoms with E-state index >= 15 is 0 Å². The summed E-state index contributed by atoms with van der Waals surface area (Å²) in [5, 5.41) is 3.00. The van der Waals surface area contributed by atoms with Crippen LogP contribution in [0.5, 0.6) is 5.75 Å². The molecule has 5 nitrogen and oxygen atoms in total. The Morgan fingerprint density at radius 3 is 2.73 bits per heavy atom. The van der Waals surface area contributed by atoms with E-state index in [4.69, 9.17) is 15.2 Å². The number of carbonyl (C=O) groups excluding carboxylic acids is 1. The van der Waals surface area contributed by atoms with Gasteiger partial charge in [-0.3, -0.25) is 4.79 Å². The molecule has 0 saturated heterocycles. The van der Waals surface area contributed by atoms with Gasteiger partial charge >= 0.3 is 0 Å². The highest BCUT2D eigenvalue weighted by atomic mass is 35.5. The van der Waals surface area contributed by atoms with Crippen LogP contribution >= 0.6 is 12.4 Å². The van der Waals surface area contributed by atoms with Gasteiger partial charge in [0.05, 0.1) is 6.61 Å². The molecular weight excluding hydrogens is 304 g/mol. The number of hydrogen-bond acceptors (Lipinski definition) is 4. The smallest absolute Gasteiger partial charge is 0.246 e. The van der Waals surface area contributed by atoms with E-state index < -0.39 is 0 Å². The molecule has 0 heterocycles. The van der Waals surface area contributed by atoms with Crippen LogP contribution in [0, 0.1) is 5.92 Å². The first-order valence-corrected chi connectivity index (χ1v) is 7.54. The summed E-state index contributed by atoms with van der Waals surface area (Å²) in [4.78, 5) is 11.8. The third-order valence-electron chi connectivity index (χ3n) is 3.78. The van der Waals surface area contributed by atoms with E-state index in [1.54, 1.807) is 0 Å². The second-order valence-corrected chi connectivity index (χ2v) is 5.31. The minimum atomic E-state index is -0.0694. The zero-order valence-corrected chi connectivity index (χ0v) is 13.5. The molecule has 1 aromatic carbocycles. The van der Waals surface area contributed by atoms with Crippen LogP contribution in [-0.4, -0.2) is 38.3 Å². The lowest BCUT2D eigenvalue weighted by Crippen LogP contribution is -2.41. The molecule has 2 unspecified atom stereocenters. The lowest BCUT2D eigenvalue weighted by molar-refractivity contribution is -0.126. The lowest BCUT2D eigenvalue weighted by Gasteiger charge is -2.19. The predicted molar refractivity (Wildman–Crippen MR) is 88.3 cm³/mol. The number of halogens is 1. The van der Waals surface area contributed by atoms with E-state index in [0.29, 0.717) is 25.7 Å². The molecule has 124 valence electrons. The maximum absolute atomic E-state index is 11.8. The molecule has 22 heavy (non-hydrogen) atoms. The number of ether oxygens (including phenoxy) is 2. The first-order valence-electron chi connectivity index (χ1n) is 7.54. The fourth-order valence-electron chi connectivity index (χ4n) is 2.66. The minimum Gasteiger partial charge on any atom is -0.491 e. The molecule has 0 aliphatic heterocycles. The van der Waals surface area contributed by atoms with Gasteiger partial charge in [-0.2, -0.15) is 0 Å². The maximum atomic E-state index is 11.8. The molecule has 0 bridgehead atoms. The summed E-state index contributed by atoms with van der Waals surface area (Å²) in [5.41, 5.74) is 5.70. The van der Waals surface area contributed by atoms with E-state index in [9.17, 15) is 4.79 Å². The monoisotopic (exact) mass is 328 g/mol. The summed E-state index contributed by atoms with van der Waals surface area (Å²) in [6, 6.07) is 9.76. The minimum absolute atomic E-state index is 0. The topological polar surface area (TPSA) is 73.6 Å². The average molecular weight is 329 g/mol. The summed E-state index contributed by atoms with van der Waals surface area (Å²) in [6.07, 6.45) is 3.26. The van der Waals surface area contributed by atoms with Crippen LogP contribution in [0.1, 0.15) is 19.3 Å². The van der Waals surface area contributed by atoms with Crippen LogP contribution in [-0.2, 0) is 9.53 Å². The Hall–Kier alpha value is -1.30. The van der Waals surface area contributed by atoms with Crippen molar-refractivity contribution in [3.63, 3.8) is 0 Å². The first kappa shape index (κ1) is 18.7. The van der Waals surface area contributed by atoms with Gasteiger partial charge in [-0.25, -0.2) is 0 Å². The Bertz CT molecular complexity index is 431. The zero-order valence-electron chi connectivity index (χ0n) is 12.7. The van der Waals surface area contributed by atoms with Gasteiger partial charge in [-0.15, -0.1) is 12.4 Å². The number of carbonyl (C=O) groups is 1. The van der Waals surface area contributed by atoms with Crippen molar-refractivity contribution in [2.75, 3.05) is 26.4 Å². The molecule has 2 rings (SSSR count). The molecule has 1 amide bonds. The molecule has 1 aliphatic rings. The highest BCUT2D eigenvalue weighted by molar-refractivity contribution is 5.85. The van der Waals surface area contributed by atoms with Gasteiger partial charge in [0.1, 0.15) is 19.0 Å². The van der Waals surface area contributed by atoms with Gasteiger partial charge in [0.25, 0.3) is 0 Å². The number of hydrogen-bond donors (Lipinski definition) is 2. The number of para-hydroxylation sites is 1. The summed E-state index contributed by atoms with van der Waals surface area (Å²) < 4.78 is 10.8. The van der Waals surface area contributed by atoms with Crippen molar-refractivity contribution >= 4 is 18.3 Å². The summed E-state index contributed by atoms with van der Waals surface area (Å²) in [7, 11) is 0. The number of rotatable bonds is 8. The molecule has 0 aromatic heterocycles. The first-order chi connectivity index (χ1) is 10.3. The van der Waals surface area contributed by atoms with Crippen molar-refractivity contribution in [2.45, 2.75) is 25.3 Å². The Morgan fingerprint density at radius 1 is 1.23 bits per heavy atom. The molecule has 0 radical (unpaired) electrons. The van der Waals surface area contributed by atoms with Crippen molar-refractivity contribution in [3.05, 3.63) is 30.3 Å². The number of nitrogens with two attached hydrogens (primary N) is 1. The molecule has 1 saturated carbocycles. The number of benzene rings is 1. The summed E-state index contributed by atoms with van der Waals surface area (Å²) >= 11 is 0. The van der Waals surface area contributed by atoms with Crippen LogP contribution < -0.4 is 15.8 Å². The Kier molecular flexibility index (Phi) is 8.89. The Balaban J connectivity index is 0.00000242. The highest BCUT2D eigenvalue weighted by Crippen LogP contribution is 2.24. The van der Waals surface area contributed by atoms with Crippen molar-refractivity contribution in [1.82, 2.24) is 5.32 Å². The largest absolute Gasteiger partial charge is 0.491 e. The fraction of sp³-hybridized carbons (Fsp3) is 0.562. The van der Waals surface area contributed by atoms with Crippen molar-refractivity contribution in [1.29, 1.82) is 0 Å². The molecule has 2 atom stereocenters. The van der Waals surface area contributed by atoms with Gasteiger partial charge in [0.2, 0.25) is 5.91 Å². The zero-order chi connectivity index (χ0) is 14.9. The molecule has 6 heteroatoms. The van der Waals surface area contributed by atoms with Crippen LogP contribution in [0.4, 0.5) is 0 Å². The van der Waals surface area contributed by atoms with Gasteiger partial charge in [0.15, 0.2) is 0 Å². The van der Waals surface area contributed by atoms with Gasteiger partial charge in [-0.05, 0) is 37.4 Å². The second-order valence-electron chi connectivity index (χ2n) is 5.31. The Morgan fingerprint density at radius 2 is 2.00 bits per heavy atom. The summed E-state index contributed by atoms with van der Waals surface area (Å²) in [5.74, 6) is 1.15. The van der Waals surface area contributed by atoms with Crippen LogP contribution in [0.25, 0.3) is 0 Å². The maximum Gasteiger partial charge on any atom is 0.246 e. The third kappa shape index (κ3) is 6.22. The molecule has 1 aliphatic carbocycles. The normalized spacial score (nSPS) is 20.2. The average Bonchev–Trinajstić information content (AvgIpc) is 2.95. The quantitative estimate of drug-likeness (QED) is 0.713. The van der Waals surface area contributed by atoms with Crippen molar-refractivity contribution in [2.24, 2.45) is 11.7 Å². The van der Waals surface area contributed by atoms with E-state index in [0.717, 1.165) is 25.0 Å². The third-order valence-corrected chi connectivity index (χ3v) is 3.78. The molecule has 0 spiro atoms. The van der Waals surface area contributed by atoms with Gasteiger partial charge in [-0.1, -0.05) is 24.6 Å². The van der Waals surface area contributed by atoms with E-state index in [-0.39, 0.29) is 31.0 Å². The lowest BCUT2D eigenvalue weighted by atomic mass is 10.0. The van der Waals surface area contributed by atoms with E-state index in [1.807, 2.05) is 30.3 Å². The van der Waals surface area contributed by atoms with Crippen LogP contribution in [0.3, 0.4) is 0 Å². The molecule has 1 aromatic rings. The van der Waals surface area contributed by atoms with Gasteiger partial charge < -0.3 is 20.5 Å². The fourth-order valence-corrected chi connectivity index (χ4v) is 2.66. The number of amides is 1. The molecule has 3 N–H and O–H groups in total. The molecule has 1 fully saturated rings. The number of nitrogens with one attached hydrogen (secondary N) is 1. The Labute approximate surface area is 138 Å². The second kappa shape index (κ2) is 10.4. The predicted octanol–water partition coefficient (Wildman–Crippen LogP) is 1.75. The van der Waals surface area contributed by atoms with E-state index in [1.165, 1.54) is 0 Å². The van der Waals surface area contributed by atoms with E-state index in [2.05, 4.69) is 5.32 Å². The SMILES string of the molecule is Cl.NCC1CCCC1NC(=O)COCCOc1ccccc1. The highest BCUT2D eigenvalue weighted by Gasteiger charge is 2.27. The summed E-state index contributed by atoms with van der Waals surface area (Å²) in [6.45, 7) is 1.54. The van der Waals surface area contributed by atoms with Gasteiger partial charge in [0, 0.05) is 6.04 Å². The van der Waals surface area contributed by atoms with Crippen LogP contribution in [0.2, 0.25) is 0 Å². The molecular formula is C16H25ClN2O3.